The van der Waals surface area contributed by atoms with Gasteiger partial charge in [0.25, 0.3) is 10.0 Å². The van der Waals surface area contributed by atoms with Crippen LogP contribution < -0.4 is 4.72 Å². The number of hydrogen-bond acceptors (Lipinski definition) is 3. The largest absolute Gasteiger partial charge is 0.358 e. The first-order valence-electron chi connectivity index (χ1n) is 8.92. The highest BCUT2D eigenvalue weighted by molar-refractivity contribution is 14.1. The molecule has 3 aromatic rings. The summed E-state index contributed by atoms with van der Waals surface area (Å²) in [7, 11) is 0.633. The van der Waals surface area contributed by atoms with Crippen molar-refractivity contribution in [3.05, 3.63) is 57.3 Å². The van der Waals surface area contributed by atoms with E-state index in [-0.39, 0.29) is 4.90 Å². The maximum atomic E-state index is 12.7. The molecule has 0 aliphatic heterocycles. The molecule has 142 valence electrons. The molecule has 1 aliphatic rings. The number of halogens is 1. The number of benzene rings is 2. The van der Waals surface area contributed by atoms with Crippen LogP contribution in [0.15, 0.2) is 47.4 Å². The topological polar surface area (TPSA) is 65.2 Å². The first kappa shape index (κ1) is 18.8. The van der Waals surface area contributed by atoms with E-state index in [0.717, 1.165) is 33.7 Å². The zero-order chi connectivity index (χ0) is 19.2. The van der Waals surface area contributed by atoms with Crippen molar-refractivity contribution in [3.8, 4) is 0 Å². The van der Waals surface area contributed by atoms with Crippen LogP contribution in [0.4, 0.5) is 5.69 Å². The quantitative estimate of drug-likeness (QED) is 0.538. The number of aromatic amines is 1. The number of sulfonamides is 1. The molecule has 1 aromatic heterocycles. The predicted octanol–water partition coefficient (Wildman–Crippen LogP) is 3.99. The van der Waals surface area contributed by atoms with Crippen LogP contribution in [-0.4, -0.2) is 38.4 Å². The molecule has 0 fully saturated rings. The summed E-state index contributed by atoms with van der Waals surface area (Å²) in [5.41, 5.74) is 4.25. The molecule has 1 unspecified atom stereocenters. The second kappa shape index (κ2) is 7.10. The summed E-state index contributed by atoms with van der Waals surface area (Å²) >= 11 is 2.16. The van der Waals surface area contributed by atoms with E-state index < -0.39 is 10.0 Å². The van der Waals surface area contributed by atoms with Crippen LogP contribution in [0.25, 0.3) is 10.9 Å². The summed E-state index contributed by atoms with van der Waals surface area (Å²) in [6, 6.07) is 13.1. The molecule has 27 heavy (non-hydrogen) atoms. The molecule has 1 atom stereocenters. The second-order valence-corrected chi connectivity index (χ2v) is 10.2. The minimum atomic E-state index is -3.60. The molecule has 2 aromatic carbocycles. The van der Waals surface area contributed by atoms with Gasteiger partial charge in [0.1, 0.15) is 0 Å². The highest BCUT2D eigenvalue weighted by Crippen LogP contribution is 2.32. The third-order valence-electron chi connectivity index (χ3n) is 5.27. The van der Waals surface area contributed by atoms with E-state index in [1.165, 1.54) is 11.3 Å². The Balaban J connectivity index is 1.67. The number of rotatable bonds is 4. The number of aromatic nitrogens is 1. The zero-order valence-corrected chi connectivity index (χ0v) is 18.3. The average Bonchev–Trinajstić information content (AvgIpc) is 2.99. The smallest absolute Gasteiger partial charge is 0.261 e. The first-order chi connectivity index (χ1) is 12.8. The predicted molar refractivity (Wildman–Crippen MR) is 118 cm³/mol. The monoisotopic (exact) mass is 495 g/mol. The van der Waals surface area contributed by atoms with Gasteiger partial charge in [-0.1, -0.05) is 0 Å². The lowest BCUT2D eigenvalue weighted by atomic mass is 9.91. The number of nitrogens with zero attached hydrogens (tertiary/aromatic N) is 1. The van der Waals surface area contributed by atoms with Crippen LogP contribution >= 0.6 is 22.6 Å². The Kier molecular flexibility index (Phi) is 4.94. The van der Waals surface area contributed by atoms with Gasteiger partial charge in [-0.15, -0.1) is 0 Å². The molecule has 4 rings (SSSR count). The van der Waals surface area contributed by atoms with Gasteiger partial charge in [0.05, 0.1) is 4.90 Å². The second-order valence-electron chi connectivity index (χ2n) is 7.26. The molecule has 7 heteroatoms. The van der Waals surface area contributed by atoms with Gasteiger partial charge in [-0.25, -0.2) is 8.42 Å². The minimum Gasteiger partial charge on any atom is -0.358 e. The number of likely N-dealkylation sites (N-methyl/N-ethyl adjacent to an activating group) is 1. The lowest BCUT2D eigenvalue weighted by molar-refractivity contribution is 0.268. The van der Waals surface area contributed by atoms with Gasteiger partial charge in [-0.05, 0) is 104 Å². The maximum absolute atomic E-state index is 12.7. The van der Waals surface area contributed by atoms with E-state index in [1.807, 2.05) is 18.2 Å². The van der Waals surface area contributed by atoms with Gasteiger partial charge in [-0.2, -0.15) is 0 Å². The van der Waals surface area contributed by atoms with Crippen LogP contribution in [-0.2, 0) is 22.9 Å². The first-order valence-corrected chi connectivity index (χ1v) is 11.5. The molecule has 0 saturated heterocycles. The highest BCUT2D eigenvalue weighted by atomic mass is 127. The number of fused-ring (bicyclic) bond motifs is 3. The van der Waals surface area contributed by atoms with Crippen LogP contribution in [0.5, 0.6) is 0 Å². The number of H-pyrrole nitrogens is 1. The molecule has 0 radical (unpaired) electrons. The Morgan fingerprint density at radius 1 is 1.15 bits per heavy atom. The van der Waals surface area contributed by atoms with Gasteiger partial charge in [0, 0.05) is 31.9 Å². The van der Waals surface area contributed by atoms with E-state index >= 15 is 0 Å². The molecular formula is C20H22IN3O2S. The fourth-order valence-electron chi connectivity index (χ4n) is 3.73. The lowest BCUT2D eigenvalue weighted by Gasteiger charge is -2.28. The van der Waals surface area contributed by atoms with Crippen LogP contribution in [0.3, 0.4) is 0 Å². The molecule has 0 amide bonds. The Labute approximate surface area is 173 Å². The molecule has 0 spiro atoms. The van der Waals surface area contributed by atoms with Crippen LogP contribution in [0.2, 0.25) is 0 Å². The highest BCUT2D eigenvalue weighted by Gasteiger charge is 2.24. The molecule has 0 saturated carbocycles. The summed E-state index contributed by atoms with van der Waals surface area (Å²) in [5.74, 6) is 0. The van der Waals surface area contributed by atoms with Crippen LogP contribution in [0, 0.1) is 3.57 Å². The molecule has 1 aliphatic carbocycles. The fraction of sp³-hybridized carbons (Fsp3) is 0.300. The molecule has 1 heterocycles. The normalized spacial score (nSPS) is 17.3. The Morgan fingerprint density at radius 3 is 2.59 bits per heavy atom. The van der Waals surface area contributed by atoms with Gasteiger partial charge in [0.15, 0.2) is 0 Å². The van der Waals surface area contributed by atoms with E-state index in [2.05, 4.69) is 51.3 Å². The maximum Gasteiger partial charge on any atom is 0.261 e. The van der Waals surface area contributed by atoms with Crippen molar-refractivity contribution < 1.29 is 8.42 Å². The molecule has 5 nitrogen and oxygen atoms in total. The number of nitrogens with one attached hydrogen (secondary N) is 2. The summed E-state index contributed by atoms with van der Waals surface area (Å²) in [6.07, 6.45) is 3.14. The summed E-state index contributed by atoms with van der Waals surface area (Å²) in [5, 5.41) is 1.11. The van der Waals surface area contributed by atoms with Gasteiger partial charge in [0.2, 0.25) is 0 Å². The third kappa shape index (κ3) is 3.72. The van der Waals surface area contributed by atoms with Gasteiger partial charge >= 0.3 is 0 Å². The van der Waals surface area contributed by atoms with Crippen molar-refractivity contribution in [3.63, 3.8) is 0 Å². The van der Waals surface area contributed by atoms with Crippen molar-refractivity contribution in [2.45, 2.75) is 30.2 Å². The standard InChI is InChI=1S/C20H22IN3O2S/c1-24(2)15-6-10-20-18(12-15)17-11-14(5-9-19(17)22-20)23-27(25,26)16-7-3-13(21)4-8-16/h3-5,7-9,11,15,22-23H,6,10,12H2,1-2H3. The SMILES string of the molecule is CN(C)C1CCc2[nH]c3ccc(NS(=O)(=O)c4ccc(I)cc4)cc3c2C1. The molecular weight excluding hydrogens is 473 g/mol. The van der Waals surface area contributed by atoms with Crippen molar-refractivity contribution in [1.82, 2.24) is 9.88 Å². The summed E-state index contributed by atoms with van der Waals surface area (Å²) in [6.45, 7) is 0. The summed E-state index contributed by atoms with van der Waals surface area (Å²) < 4.78 is 29.1. The lowest BCUT2D eigenvalue weighted by Crippen LogP contribution is -2.33. The Hall–Kier alpha value is -1.58. The fourth-order valence-corrected chi connectivity index (χ4v) is 5.14. The number of anilines is 1. The molecule has 2 N–H and O–H groups in total. The minimum absolute atomic E-state index is 0.270. The third-order valence-corrected chi connectivity index (χ3v) is 7.38. The number of aryl methyl sites for hydroxylation is 1. The number of hydrogen-bond donors (Lipinski definition) is 2. The van der Waals surface area contributed by atoms with Crippen molar-refractivity contribution >= 4 is 49.2 Å². The van der Waals surface area contributed by atoms with Gasteiger partial charge < -0.3 is 9.88 Å². The Morgan fingerprint density at radius 2 is 1.89 bits per heavy atom. The zero-order valence-electron chi connectivity index (χ0n) is 15.3. The Bertz CT molecular complexity index is 1090. The van der Waals surface area contributed by atoms with Crippen LogP contribution in [0.1, 0.15) is 17.7 Å². The van der Waals surface area contributed by atoms with Crippen molar-refractivity contribution in [2.24, 2.45) is 0 Å². The van der Waals surface area contributed by atoms with Crippen molar-refractivity contribution in [2.75, 3.05) is 18.8 Å². The summed E-state index contributed by atoms with van der Waals surface area (Å²) in [4.78, 5) is 6.05. The van der Waals surface area contributed by atoms with E-state index in [9.17, 15) is 8.42 Å². The van der Waals surface area contributed by atoms with Crippen molar-refractivity contribution in [1.29, 1.82) is 0 Å². The molecule has 0 bridgehead atoms. The van der Waals surface area contributed by atoms with Gasteiger partial charge in [-0.3, -0.25) is 4.72 Å². The average molecular weight is 495 g/mol. The van der Waals surface area contributed by atoms with E-state index in [4.69, 9.17) is 0 Å². The van der Waals surface area contributed by atoms with E-state index in [0.29, 0.717) is 11.7 Å². The van der Waals surface area contributed by atoms with E-state index in [1.54, 1.807) is 24.3 Å².